The Labute approximate surface area is 156 Å². The quantitative estimate of drug-likeness (QED) is 0.673. The van der Waals surface area contributed by atoms with Gasteiger partial charge in [-0.3, -0.25) is 19.5 Å². The predicted octanol–water partition coefficient (Wildman–Crippen LogP) is 2.22. The van der Waals surface area contributed by atoms with E-state index in [-0.39, 0.29) is 36.0 Å². The van der Waals surface area contributed by atoms with E-state index in [1.54, 1.807) is 24.3 Å². The first-order valence-electron chi connectivity index (χ1n) is 9.10. The van der Waals surface area contributed by atoms with E-state index in [0.717, 1.165) is 12.8 Å². The molecule has 1 heterocycles. The molecule has 1 aromatic heterocycles. The highest BCUT2D eigenvalue weighted by molar-refractivity contribution is 5.80. The average Bonchev–Trinajstić information content (AvgIpc) is 2.69. The largest absolute Gasteiger partial charge is 0.354 e. The lowest BCUT2D eigenvalue weighted by atomic mass is 10.1. The Balaban J connectivity index is 1.56. The smallest absolute Gasteiger partial charge is 0.273 e. The van der Waals surface area contributed by atoms with Crippen LogP contribution < -0.4 is 16.4 Å². The van der Waals surface area contributed by atoms with Crippen molar-refractivity contribution in [3.63, 3.8) is 0 Å². The third kappa shape index (κ3) is 4.73. The van der Waals surface area contributed by atoms with Crippen LogP contribution in [-0.2, 0) is 17.8 Å². The summed E-state index contributed by atoms with van der Waals surface area (Å²) in [6.07, 6.45) is 1.85. The van der Waals surface area contributed by atoms with Gasteiger partial charge in [0, 0.05) is 12.5 Å². The van der Waals surface area contributed by atoms with Gasteiger partial charge in [0.15, 0.2) is 0 Å². The molecule has 6 nitrogen and oxygen atoms in total. The van der Waals surface area contributed by atoms with E-state index in [1.807, 2.05) is 25.1 Å². The number of aromatic nitrogens is 2. The van der Waals surface area contributed by atoms with Gasteiger partial charge in [-0.2, -0.15) is 0 Å². The Morgan fingerprint density at radius 2 is 1.70 bits per heavy atom. The van der Waals surface area contributed by atoms with Crippen molar-refractivity contribution in [1.82, 2.24) is 15.1 Å². The van der Waals surface area contributed by atoms with Crippen LogP contribution in [0.5, 0.6) is 0 Å². The maximum atomic E-state index is 12.4. The van der Waals surface area contributed by atoms with E-state index >= 15 is 0 Å². The van der Waals surface area contributed by atoms with Crippen molar-refractivity contribution in [2.75, 3.05) is 0 Å². The minimum atomic E-state index is -0.332. The third-order valence-corrected chi connectivity index (χ3v) is 4.56. The van der Waals surface area contributed by atoms with Crippen molar-refractivity contribution in [3.05, 3.63) is 80.9 Å². The predicted molar refractivity (Wildman–Crippen MR) is 106 cm³/mol. The van der Waals surface area contributed by atoms with Gasteiger partial charge in [0.25, 0.3) is 11.1 Å². The molecule has 0 saturated heterocycles. The summed E-state index contributed by atoms with van der Waals surface area (Å²) in [6, 6.07) is 16.8. The number of carbonyl (C=O) groups excluding carboxylic acids is 1. The number of fused-ring (bicyclic) bond motifs is 1. The standard InChI is InChI=1S/C21H23N3O3/c1-15(11-12-16-7-3-2-4-8-16)22-19(25)13-14-24-21(27)18-10-6-5-9-17(18)20(26)23-24/h2-10,15H,11-14H2,1H3,(H,22,25)(H,23,26). The number of nitrogens with one attached hydrogen (secondary N) is 2. The molecule has 3 rings (SSSR count). The lowest BCUT2D eigenvalue weighted by molar-refractivity contribution is -0.122. The van der Waals surface area contributed by atoms with Crippen LogP contribution in [0.15, 0.2) is 64.2 Å². The van der Waals surface area contributed by atoms with Crippen molar-refractivity contribution in [3.8, 4) is 0 Å². The van der Waals surface area contributed by atoms with Crippen LogP contribution >= 0.6 is 0 Å². The summed E-state index contributed by atoms with van der Waals surface area (Å²) in [5.74, 6) is -0.142. The van der Waals surface area contributed by atoms with Crippen LogP contribution in [0.1, 0.15) is 25.3 Å². The van der Waals surface area contributed by atoms with E-state index in [9.17, 15) is 14.4 Å². The Hall–Kier alpha value is -3.15. The summed E-state index contributed by atoms with van der Waals surface area (Å²) in [6.45, 7) is 2.10. The van der Waals surface area contributed by atoms with Crippen molar-refractivity contribution >= 4 is 16.7 Å². The molecule has 2 aromatic carbocycles. The maximum Gasteiger partial charge on any atom is 0.273 e. The molecule has 6 heteroatoms. The highest BCUT2D eigenvalue weighted by Gasteiger charge is 2.10. The van der Waals surface area contributed by atoms with Crippen molar-refractivity contribution in [1.29, 1.82) is 0 Å². The first kappa shape index (κ1) is 18.6. The zero-order chi connectivity index (χ0) is 19.2. The molecule has 0 fully saturated rings. The molecule has 0 aliphatic heterocycles. The number of rotatable bonds is 7. The molecule has 0 radical (unpaired) electrons. The average molecular weight is 365 g/mol. The molecule has 140 valence electrons. The highest BCUT2D eigenvalue weighted by atomic mass is 16.2. The Kier molecular flexibility index (Phi) is 5.86. The summed E-state index contributed by atoms with van der Waals surface area (Å²) < 4.78 is 1.21. The normalized spacial score (nSPS) is 12.0. The van der Waals surface area contributed by atoms with Crippen LogP contribution in [0.2, 0.25) is 0 Å². The minimum absolute atomic E-state index is 0.0325. The summed E-state index contributed by atoms with van der Waals surface area (Å²) in [7, 11) is 0. The summed E-state index contributed by atoms with van der Waals surface area (Å²) in [4.78, 5) is 36.7. The first-order chi connectivity index (χ1) is 13.0. The zero-order valence-corrected chi connectivity index (χ0v) is 15.3. The van der Waals surface area contributed by atoms with Crippen LogP contribution in [0.25, 0.3) is 10.8 Å². The third-order valence-electron chi connectivity index (χ3n) is 4.56. The fourth-order valence-electron chi connectivity index (χ4n) is 3.06. The van der Waals surface area contributed by atoms with E-state index in [0.29, 0.717) is 10.8 Å². The molecule has 0 aliphatic rings. The SMILES string of the molecule is CC(CCc1ccccc1)NC(=O)CCn1[nH]c(=O)c2ccccc2c1=O. The fourth-order valence-corrected chi connectivity index (χ4v) is 3.06. The molecule has 2 N–H and O–H groups in total. The topological polar surface area (TPSA) is 84.0 Å². The second-order valence-electron chi connectivity index (χ2n) is 6.69. The van der Waals surface area contributed by atoms with Crippen LogP contribution in [0.4, 0.5) is 0 Å². The number of aromatic amines is 1. The van der Waals surface area contributed by atoms with Crippen LogP contribution in [-0.4, -0.2) is 21.7 Å². The van der Waals surface area contributed by atoms with E-state index < -0.39 is 0 Å². The lowest BCUT2D eigenvalue weighted by Gasteiger charge is -2.14. The maximum absolute atomic E-state index is 12.4. The summed E-state index contributed by atoms with van der Waals surface area (Å²) >= 11 is 0. The minimum Gasteiger partial charge on any atom is -0.354 e. The molecular weight excluding hydrogens is 342 g/mol. The summed E-state index contributed by atoms with van der Waals surface area (Å²) in [5, 5.41) is 6.21. The highest BCUT2D eigenvalue weighted by Crippen LogP contribution is 2.05. The monoisotopic (exact) mass is 365 g/mol. The number of benzene rings is 2. The van der Waals surface area contributed by atoms with E-state index in [1.165, 1.54) is 10.2 Å². The van der Waals surface area contributed by atoms with Crippen LogP contribution in [0.3, 0.4) is 0 Å². The van der Waals surface area contributed by atoms with Crippen LogP contribution in [0, 0.1) is 0 Å². The first-order valence-corrected chi connectivity index (χ1v) is 9.10. The van der Waals surface area contributed by atoms with Gasteiger partial charge in [0.05, 0.1) is 17.3 Å². The molecule has 0 saturated carbocycles. The van der Waals surface area contributed by atoms with Crippen molar-refractivity contribution in [2.24, 2.45) is 0 Å². The van der Waals surface area contributed by atoms with E-state index in [4.69, 9.17) is 0 Å². The van der Waals surface area contributed by atoms with Gasteiger partial charge in [0.2, 0.25) is 5.91 Å². The number of hydrogen-bond acceptors (Lipinski definition) is 3. The van der Waals surface area contributed by atoms with Gasteiger partial charge in [-0.25, -0.2) is 4.68 Å². The van der Waals surface area contributed by atoms with Gasteiger partial charge in [-0.1, -0.05) is 42.5 Å². The van der Waals surface area contributed by atoms with Gasteiger partial charge >= 0.3 is 0 Å². The fraction of sp³-hybridized carbons (Fsp3) is 0.286. The molecular formula is C21H23N3O3. The Morgan fingerprint density at radius 3 is 2.44 bits per heavy atom. The molecule has 27 heavy (non-hydrogen) atoms. The van der Waals surface area contributed by atoms with Gasteiger partial charge in [0.1, 0.15) is 0 Å². The Bertz CT molecular complexity index is 1040. The number of hydrogen-bond donors (Lipinski definition) is 2. The van der Waals surface area contributed by atoms with Gasteiger partial charge < -0.3 is 5.32 Å². The Morgan fingerprint density at radius 1 is 1.04 bits per heavy atom. The lowest BCUT2D eigenvalue weighted by Crippen LogP contribution is -2.35. The number of aryl methyl sites for hydroxylation is 2. The zero-order valence-electron chi connectivity index (χ0n) is 15.3. The summed E-state index contributed by atoms with van der Waals surface area (Å²) in [5.41, 5.74) is 0.607. The molecule has 0 aliphatic carbocycles. The van der Waals surface area contributed by atoms with Gasteiger partial charge in [-0.05, 0) is 37.5 Å². The molecule has 0 spiro atoms. The van der Waals surface area contributed by atoms with E-state index in [2.05, 4.69) is 22.5 Å². The molecule has 0 bridgehead atoms. The number of nitrogens with zero attached hydrogens (tertiary/aromatic N) is 1. The molecule has 1 atom stereocenters. The number of carbonyl (C=O) groups is 1. The molecule has 1 amide bonds. The number of H-pyrrole nitrogens is 1. The second kappa shape index (κ2) is 8.49. The van der Waals surface area contributed by atoms with Gasteiger partial charge in [-0.15, -0.1) is 0 Å². The van der Waals surface area contributed by atoms with Crippen molar-refractivity contribution < 1.29 is 4.79 Å². The molecule has 3 aromatic rings. The van der Waals surface area contributed by atoms with Crippen molar-refractivity contribution in [2.45, 2.75) is 38.8 Å². The molecule has 1 unspecified atom stereocenters. The second-order valence-corrected chi connectivity index (χ2v) is 6.69. The number of amides is 1.